The third-order valence-corrected chi connectivity index (χ3v) is 3.45. The van der Waals surface area contributed by atoms with Crippen LogP contribution in [0.15, 0.2) is 30.3 Å². The van der Waals surface area contributed by atoms with E-state index in [0.717, 1.165) is 5.56 Å². The molecule has 0 bridgehead atoms. The lowest BCUT2D eigenvalue weighted by molar-refractivity contribution is -0.147. The van der Waals surface area contributed by atoms with Crippen LogP contribution in [0.5, 0.6) is 0 Å². The molecule has 1 fully saturated rings. The van der Waals surface area contributed by atoms with Crippen molar-refractivity contribution in [2.45, 2.75) is 43.6 Å². The van der Waals surface area contributed by atoms with Crippen LogP contribution in [-0.2, 0) is 11.2 Å². The fourth-order valence-corrected chi connectivity index (χ4v) is 1.97. The zero-order chi connectivity index (χ0) is 14.6. The van der Waals surface area contributed by atoms with Crippen LogP contribution in [0.1, 0.15) is 31.2 Å². The lowest BCUT2D eigenvalue weighted by atomic mass is 10.0. The Balaban J connectivity index is 1.81. The summed E-state index contributed by atoms with van der Waals surface area (Å²) < 4.78 is 27.4. The molecule has 0 heterocycles. The molecule has 1 aliphatic rings. The van der Waals surface area contributed by atoms with Gasteiger partial charge in [0.2, 0.25) is 0 Å². The van der Waals surface area contributed by atoms with Crippen LogP contribution in [0.4, 0.5) is 8.78 Å². The molecule has 106 valence electrons. The second-order valence-corrected chi connectivity index (χ2v) is 5.19. The molecule has 0 spiro atoms. The van der Waals surface area contributed by atoms with Crippen molar-refractivity contribution in [3.05, 3.63) is 35.9 Å². The van der Waals surface area contributed by atoms with Gasteiger partial charge in [0.1, 0.15) is 5.54 Å². The fraction of sp³-hybridized carbons (Fsp3) is 0.467. The van der Waals surface area contributed by atoms with E-state index in [1.807, 2.05) is 36.4 Å². The van der Waals surface area contributed by atoms with Crippen molar-refractivity contribution in [2.24, 2.45) is 0 Å². The highest BCUT2D eigenvalue weighted by molar-refractivity contribution is 5.84. The Morgan fingerprint density at radius 1 is 1.35 bits per heavy atom. The molecule has 1 aromatic carbocycles. The van der Waals surface area contributed by atoms with Crippen LogP contribution >= 0.6 is 0 Å². The minimum atomic E-state index is -3.42. The zero-order valence-corrected chi connectivity index (χ0v) is 11.0. The van der Waals surface area contributed by atoms with E-state index >= 15 is 0 Å². The minimum Gasteiger partial charge on any atom is -0.333 e. The van der Waals surface area contributed by atoms with E-state index in [0.29, 0.717) is 19.3 Å². The van der Waals surface area contributed by atoms with E-state index in [4.69, 9.17) is 5.26 Å². The summed E-state index contributed by atoms with van der Waals surface area (Å²) in [5.41, 5.74) is -0.0701. The molecule has 1 aromatic rings. The zero-order valence-electron chi connectivity index (χ0n) is 11.0. The Kier molecular flexibility index (Phi) is 4.03. The third kappa shape index (κ3) is 3.53. The first-order valence-electron chi connectivity index (χ1n) is 6.63. The second kappa shape index (κ2) is 5.58. The van der Waals surface area contributed by atoms with Gasteiger partial charge in [-0.2, -0.15) is 14.0 Å². The van der Waals surface area contributed by atoms with Crippen LogP contribution in [0.3, 0.4) is 0 Å². The van der Waals surface area contributed by atoms with Gasteiger partial charge in [-0.25, -0.2) is 0 Å². The number of hydrogen-bond acceptors (Lipinski definition) is 2. The molecule has 1 amide bonds. The highest BCUT2D eigenvalue weighted by Gasteiger charge is 2.49. The first kappa shape index (κ1) is 14.4. The van der Waals surface area contributed by atoms with E-state index in [2.05, 4.69) is 5.32 Å². The summed E-state index contributed by atoms with van der Waals surface area (Å²) >= 11 is 0. The molecule has 20 heavy (non-hydrogen) atoms. The van der Waals surface area contributed by atoms with Crippen molar-refractivity contribution >= 4 is 5.91 Å². The van der Waals surface area contributed by atoms with Gasteiger partial charge < -0.3 is 5.32 Å². The predicted octanol–water partition coefficient (Wildman–Crippen LogP) is 2.82. The smallest absolute Gasteiger partial charge is 0.324 e. The number of halogens is 2. The van der Waals surface area contributed by atoms with Gasteiger partial charge >= 0.3 is 5.92 Å². The maximum atomic E-state index is 13.7. The minimum absolute atomic E-state index is 0.226. The second-order valence-electron chi connectivity index (χ2n) is 5.19. The molecule has 5 heteroatoms. The number of benzene rings is 1. The monoisotopic (exact) mass is 278 g/mol. The number of aryl methyl sites for hydroxylation is 1. The van der Waals surface area contributed by atoms with Gasteiger partial charge in [0.25, 0.3) is 5.91 Å². The lowest BCUT2D eigenvalue weighted by Crippen LogP contribution is -2.46. The Bertz CT molecular complexity index is 518. The summed E-state index contributed by atoms with van der Waals surface area (Å²) in [6.45, 7) is 0. The average molecular weight is 278 g/mol. The Labute approximate surface area is 116 Å². The van der Waals surface area contributed by atoms with Crippen molar-refractivity contribution in [3.8, 4) is 6.07 Å². The Hall–Kier alpha value is -1.96. The molecule has 1 N–H and O–H groups in total. The molecule has 0 saturated heterocycles. The molecule has 0 radical (unpaired) electrons. The standard InChI is InChI=1S/C15H16F2N2O/c16-15(17,13(20)19-14(11-18)9-10-14)8-4-7-12-5-2-1-3-6-12/h1-3,5-6H,4,7-10H2,(H,19,20). The number of carbonyl (C=O) groups excluding carboxylic acids is 1. The summed E-state index contributed by atoms with van der Waals surface area (Å²) in [5.74, 6) is -4.74. The number of carbonyl (C=O) groups is 1. The maximum Gasteiger partial charge on any atom is 0.324 e. The summed E-state index contributed by atoms with van der Waals surface area (Å²) in [5, 5.41) is 10.9. The van der Waals surface area contributed by atoms with E-state index in [1.165, 1.54) is 0 Å². The summed E-state index contributed by atoms with van der Waals surface area (Å²) in [7, 11) is 0. The molecule has 1 aliphatic carbocycles. The normalized spacial score (nSPS) is 16.2. The number of amides is 1. The first-order chi connectivity index (χ1) is 9.47. The fourth-order valence-electron chi connectivity index (χ4n) is 1.97. The van der Waals surface area contributed by atoms with E-state index in [1.54, 1.807) is 0 Å². The van der Waals surface area contributed by atoms with Gasteiger partial charge in [-0.15, -0.1) is 0 Å². The lowest BCUT2D eigenvalue weighted by Gasteiger charge is -2.18. The first-order valence-corrected chi connectivity index (χ1v) is 6.63. The molecule has 0 unspecified atom stereocenters. The van der Waals surface area contributed by atoms with E-state index in [9.17, 15) is 13.6 Å². The molecule has 0 aliphatic heterocycles. The van der Waals surface area contributed by atoms with Crippen molar-refractivity contribution in [1.29, 1.82) is 5.26 Å². The average Bonchev–Trinajstić information content (AvgIpc) is 3.20. The van der Waals surface area contributed by atoms with Gasteiger partial charge in [0.05, 0.1) is 6.07 Å². The van der Waals surface area contributed by atoms with Crippen molar-refractivity contribution in [3.63, 3.8) is 0 Å². The summed E-state index contributed by atoms with van der Waals surface area (Å²) in [6.07, 6.45) is 1.14. The molecule has 0 atom stereocenters. The Morgan fingerprint density at radius 2 is 2.00 bits per heavy atom. The van der Waals surface area contributed by atoms with E-state index < -0.39 is 23.8 Å². The number of nitrogens with one attached hydrogen (secondary N) is 1. The van der Waals surface area contributed by atoms with Crippen molar-refractivity contribution < 1.29 is 13.6 Å². The SMILES string of the molecule is N#CC1(NC(=O)C(F)(F)CCCc2ccccc2)CC1. The molecule has 2 rings (SSSR count). The number of nitriles is 1. The van der Waals surface area contributed by atoms with Crippen molar-refractivity contribution in [2.75, 3.05) is 0 Å². The number of nitrogens with zero attached hydrogens (tertiary/aromatic N) is 1. The predicted molar refractivity (Wildman–Crippen MR) is 70.0 cm³/mol. The topological polar surface area (TPSA) is 52.9 Å². The molecule has 3 nitrogen and oxygen atoms in total. The van der Waals surface area contributed by atoms with Crippen LogP contribution in [0.2, 0.25) is 0 Å². The van der Waals surface area contributed by atoms with E-state index in [-0.39, 0.29) is 6.42 Å². The number of rotatable bonds is 6. The van der Waals surface area contributed by atoms with Gasteiger partial charge in [-0.3, -0.25) is 4.79 Å². The Morgan fingerprint density at radius 3 is 2.55 bits per heavy atom. The quantitative estimate of drug-likeness (QED) is 0.870. The molecule has 0 aromatic heterocycles. The van der Waals surface area contributed by atoms with Crippen molar-refractivity contribution in [1.82, 2.24) is 5.32 Å². The third-order valence-electron chi connectivity index (χ3n) is 3.45. The van der Waals surface area contributed by atoms with Gasteiger partial charge in [0, 0.05) is 6.42 Å². The highest BCUT2D eigenvalue weighted by atomic mass is 19.3. The van der Waals surface area contributed by atoms with Gasteiger partial charge in [-0.05, 0) is 31.2 Å². The summed E-state index contributed by atoms with van der Waals surface area (Å²) in [6, 6.07) is 11.2. The van der Waals surface area contributed by atoms with Crippen LogP contribution in [0.25, 0.3) is 0 Å². The van der Waals surface area contributed by atoms with Gasteiger partial charge in [-0.1, -0.05) is 30.3 Å². The molecular weight excluding hydrogens is 262 g/mol. The number of hydrogen-bond donors (Lipinski definition) is 1. The maximum absolute atomic E-state index is 13.7. The molecule has 1 saturated carbocycles. The van der Waals surface area contributed by atoms with Crippen LogP contribution < -0.4 is 5.32 Å². The van der Waals surface area contributed by atoms with Gasteiger partial charge in [0.15, 0.2) is 0 Å². The van der Waals surface area contributed by atoms with Crippen LogP contribution in [0, 0.1) is 11.3 Å². The highest BCUT2D eigenvalue weighted by Crippen LogP contribution is 2.35. The molecular formula is C15H16F2N2O. The van der Waals surface area contributed by atoms with Crippen LogP contribution in [-0.4, -0.2) is 17.4 Å². The summed E-state index contributed by atoms with van der Waals surface area (Å²) in [4.78, 5) is 11.5. The largest absolute Gasteiger partial charge is 0.333 e. The number of alkyl halides is 2.